The molecule has 0 radical (unpaired) electrons. The second kappa shape index (κ2) is 3.79. The highest BCUT2D eigenvalue weighted by atomic mass is 16.5. The van der Waals surface area contributed by atoms with Gasteiger partial charge in [-0.3, -0.25) is 4.79 Å². The number of nitrogens with one attached hydrogen (secondary N) is 3. The van der Waals surface area contributed by atoms with Crippen molar-refractivity contribution in [1.29, 1.82) is 0 Å². The maximum atomic E-state index is 12.0. The third-order valence-electron chi connectivity index (χ3n) is 3.23. The quantitative estimate of drug-likeness (QED) is 0.625. The summed E-state index contributed by atoms with van der Waals surface area (Å²) in [5, 5.41) is 3.78. The van der Waals surface area contributed by atoms with Gasteiger partial charge in [0.1, 0.15) is 11.2 Å². The molecule has 0 saturated carbocycles. The molecular formula is C12H11N5O2. The van der Waals surface area contributed by atoms with E-state index in [0.717, 1.165) is 16.6 Å². The van der Waals surface area contributed by atoms with Crippen molar-refractivity contribution < 1.29 is 9.53 Å². The summed E-state index contributed by atoms with van der Waals surface area (Å²) in [5.74, 6) is 0.0885. The molecule has 1 aliphatic heterocycles. The zero-order chi connectivity index (χ0) is 12.8. The summed E-state index contributed by atoms with van der Waals surface area (Å²) in [6, 6.07) is 2.00. The SMILES string of the molecule is O=C(NC1COC1)c1nc2cnc3[nH]ccc3c2[nH]1. The fourth-order valence-corrected chi connectivity index (χ4v) is 2.16. The van der Waals surface area contributed by atoms with Crippen molar-refractivity contribution in [2.24, 2.45) is 0 Å². The molecule has 1 amide bonds. The zero-order valence-electron chi connectivity index (χ0n) is 9.93. The van der Waals surface area contributed by atoms with E-state index in [-0.39, 0.29) is 11.9 Å². The first-order chi connectivity index (χ1) is 9.31. The summed E-state index contributed by atoms with van der Waals surface area (Å²) in [5.41, 5.74) is 2.28. The summed E-state index contributed by atoms with van der Waals surface area (Å²) >= 11 is 0. The van der Waals surface area contributed by atoms with Gasteiger partial charge >= 0.3 is 0 Å². The number of nitrogens with zero attached hydrogens (tertiary/aromatic N) is 2. The topological polar surface area (TPSA) is 95.7 Å². The van der Waals surface area contributed by atoms with Gasteiger partial charge in [-0.2, -0.15) is 0 Å². The first-order valence-corrected chi connectivity index (χ1v) is 6.02. The summed E-state index contributed by atoms with van der Waals surface area (Å²) in [7, 11) is 0. The lowest BCUT2D eigenvalue weighted by Gasteiger charge is -2.26. The van der Waals surface area contributed by atoms with E-state index in [1.165, 1.54) is 0 Å². The van der Waals surface area contributed by atoms with Crippen LogP contribution in [0.15, 0.2) is 18.5 Å². The van der Waals surface area contributed by atoms with Gasteiger partial charge in [-0.05, 0) is 6.07 Å². The van der Waals surface area contributed by atoms with Crippen LogP contribution in [0.4, 0.5) is 0 Å². The second-order valence-electron chi connectivity index (χ2n) is 4.55. The second-order valence-corrected chi connectivity index (χ2v) is 4.55. The van der Waals surface area contributed by atoms with Crippen LogP contribution in [-0.2, 0) is 4.74 Å². The van der Waals surface area contributed by atoms with Crippen molar-refractivity contribution in [1.82, 2.24) is 25.3 Å². The molecular weight excluding hydrogens is 246 g/mol. The predicted octanol–water partition coefficient (Wildman–Crippen LogP) is 0.568. The molecule has 3 aromatic heterocycles. The highest BCUT2D eigenvalue weighted by Gasteiger charge is 2.22. The Hall–Kier alpha value is -2.41. The molecule has 3 aromatic rings. The van der Waals surface area contributed by atoms with Crippen molar-refractivity contribution >= 4 is 28.0 Å². The van der Waals surface area contributed by atoms with Crippen LogP contribution in [0.5, 0.6) is 0 Å². The summed E-state index contributed by atoms with van der Waals surface area (Å²) in [6.45, 7) is 1.13. The number of pyridine rings is 1. The molecule has 96 valence electrons. The Morgan fingerprint density at radius 1 is 1.47 bits per heavy atom. The molecule has 0 spiro atoms. The van der Waals surface area contributed by atoms with E-state index in [1.807, 2.05) is 12.3 Å². The van der Waals surface area contributed by atoms with Gasteiger partial charge in [-0.25, -0.2) is 9.97 Å². The third kappa shape index (κ3) is 1.59. The molecule has 0 bridgehead atoms. The fourth-order valence-electron chi connectivity index (χ4n) is 2.16. The van der Waals surface area contributed by atoms with E-state index in [0.29, 0.717) is 24.6 Å². The number of rotatable bonds is 2. The minimum absolute atomic E-state index is 0.0890. The van der Waals surface area contributed by atoms with Gasteiger partial charge in [0.05, 0.1) is 31.0 Å². The van der Waals surface area contributed by atoms with E-state index in [9.17, 15) is 4.79 Å². The molecule has 3 N–H and O–H groups in total. The molecule has 1 aliphatic rings. The average Bonchev–Trinajstić information content (AvgIpc) is 2.97. The number of hydrogen-bond donors (Lipinski definition) is 3. The van der Waals surface area contributed by atoms with E-state index in [2.05, 4.69) is 25.3 Å². The summed E-state index contributed by atoms with van der Waals surface area (Å²) in [6.07, 6.45) is 3.46. The Labute approximate surface area is 107 Å². The number of carbonyl (C=O) groups excluding carboxylic acids is 1. The minimum Gasteiger partial charge on any atom is -0.377 e. The molecule has 4 rings (SSSR count). The van der Waals surface area contributed by atoms with Crippen molar-refractivity contribution in [3.8, 4) is 0 Å². The number of H-pyrrole nitrogens is 2. The van der Waals surface area contributed by atoms with Gasteiger partial charge in [0.2, 0.25) is 0 Å². The summed E-state index contributed by atoms with van der Waals surface area (Å²) < 4.78 is 5.02. The fraction of sp³-hybridized carbons (Fsp3) is 0.250. The number of aromatic amines is 2. The van der Waals surface area contributed by atoms with Crippen LogP contribution >= 0.6 is 0 Å². The van der Waals surface area contributed by atoms with Crippen molar-refractivity contribution in [3.05, 3.63) is 24.3 Å². The minimum atomic E-state index is -0.215. The molecule has 0 unspecified atom stereocenters. The Bertz CT molecular complexity index is 771. The van der Waals surface area contributed by atoms with Crippen LogP contribution in [0.3, 0.4) is 0 Å². The van der Waals surface area contributed by atoms with Gasteiger partial charge in [-0.1, -0.05) is 0 Å². The van der Waals surface area contributed by atoms with Crippen molar-refractivity contribution in [3.63, 3.8) is 0 Å². The highest BCUT2D eigenvalue weighted by Crippen LogP contribution is 2.20. The number of imidazole rings is 1. The van der Waals surface area contributed by atoms with E-state index in [1.54, 1.807) is 6.20 Å². The zero-order valence-corrected chi connectivity index (χ0v) is 9.93. The molecule has 4 heterocycles. The highest BCUT2D eigenvalue weighted by molar-refractivity contribution is 6.03. The standard InChI is InChI=1S/C12H11N5O2/c18-12(15-6-4-19-5-6)11-16-8-3-14-10-7(1-2-13-10)9(8)17-11/h1-3,6H,4-5H2,(H,13,14)(H,15,18)(H,16,17). The Morgan fingerprint density at radius 3 is 3.16 bits per heavy atom. The Balaban J connectivity index is 1.75. The number of aromatic nitrogens is 4. The molecule has 0 atom stereocenters. The maximum Gasteiger partial charge on any atom is 0.287 e. The third-order valence-corrected chi connectivity index (χ3v) is 3.23. The van der Waals surface area contributed by atoms with Crippen LogP contribution < -0.4 is 5.32 Å². The number of amides is 1. The van der Waals surface area contributed by atoms with Crippen LogP contribution in [0, 0.1) is 0 Å². The van der Waals surface area contributed by atoms with Gasteiger partial charge in [0.25, 0.3) is 5.91 Å². The maximum absolute atomic E-state index is 12.0. The smallest absolute Gasteiger partial charge is 0.287 e. The van der Waals surface area contributed by atoms with Crippen LogP contribution in [0.25, 0.3) is 22.1 Å². The predicted molar refractivity (Wildman–Crippen MR) is 67.8 cm³/mol. The molecule has 7 nitrogen and oxygen atoms in total. The lowest BCUT2D eigenvalue weighted by molar-refractivity contribution is -0.00362. The molecule has 7 heteroatoms. The molecule has 0 aromatic carbocycles. The van der Waals surface area contributed by atoms with Crippen molar-refractivity contribution in [2.45, 2.75) is 6.04 Å². The summed E-state index contributed by atoms with van der Waals surface area (Å²) in [4.78, 5) is 26.6. The van der Waals surface area contributed by atoms with Crippen LogP contribution in [0.1, 0.15) is 10.6 Å². The monoisotopic (exact) mass is 257 g/mol. The first kappa shape index (κ1) is 10.5. The number of hydrogen-bond acceptors (Lipinski definition) is 4. The van der Waals surface area contributed by atoms with E-state index in [4.69, 9.17) is 4.74 Å². The lowest BCUT2D eigenvalue weighted by Crippen LogP contribution is -2.48. The van der Waals surface area contributed by atoms with Crippen molar-refractivity contribution in [2.75, 3.05) is 13.2 Å². The van der Waals surface area contributed by atoms with Crippen LogP contribution in [0.2, 0.25) is 0 Å². The van der Waals surface area contributed by atoms with E-state index >= 15 is 0 Å². The number of fused-ring (bicyclic) bond motifs is 3. The average molecular weight is 257 g/mol. The molecule has 1 fully saturated rings. The first-order valence-electron chi connectivity index (χ1n) is 6.02. The normalized spacial score (nSPS) is 15.8. The number of carbonyl (C=O) groups is 1. The molecule has 0 aliphatic carbocycles. The Kier molecular flexibility index (Phi) is 2.10. The Morgan fingerprint density at radius 2 is 2.37 bits per heavy atom. The lowest BCUT2D eigenvalue weighted by atomic mass is 10.2. The van der Waals surface area contributed by atoms with Gasteiger partial charge in [0, 0.05) is 11.6 Å². The van der Waals surface area contributed by atoms with Gasteiger partial charge in [0.15, 0.2) is 5.82 Å². The van der Waals surface area contributed by atoms with Crippen LogP contribution in [-0.4, -0.2) is 45.1 Å². The number of ether oxygens (including phenoxy) is 1. The van der Waals surface area contributed by atoms with E-state index < -0.39 is 0 Å². The molecule has 19 heavy (non-hydrogen) atoms. The van der Waals surface area contributed by atoms with Gasteiger partial charge in [-0.15, -0.1) is 0 Å². The van der Waals surface area contributed by atoms with Gasteiger partial charge < -0.3 is 20.0 Å². The largest absolute Gasteiger partial charge is 0.377 e. The molecule has 1 saturated heterocycles.